The van der Waals surface area contributed by atoms with Crippen LogP contribution in [-0.4, -0.2) is 32.2 Å². The maximum Gasteiger partial charge on any atom is 0.266 e. The standard InChI is InChI=1S/C20H22N2O3/c21-19(23)20(10-9-15-3-1-2-4-18(15)25-20)16-5-7-17(8-6-16)22-11-13-24-14-12-22/h1-8H,9-14H2,(H2,21,23). The summed E-state index contributed by atoms with van der Waals surface area (Å²) in [7, 11) is 0. The summed E-state index contributed by atoms with van der Waals surface area (Å²) in [6, 6.07) is 15.8. The first-order valence-corrected chi connectivity index (χ1v) is 8.69. The lowest BCUT2D eigenvalue weighted by Gasteiger charge is -2.37. The second-order valence-corrected chi connectivity index (χ2v) is 6.55. The number of morpholine rings is 1. The number of hydrogen-bond donors (Lipinski definition) is 1. The Hall–Kier alpha value is -2.53. The zero-order valence-corrected chi connectivity index (χ0v) is 14.1. The van der Waals surface area contributed by atoms with Crippen molar-refractivity contribution in [1.82, 2.24) is 0 Å². The number of primary amides is 1. The Morgan fingerprint density at radius 1 is 1.04 bits per heavy atom. The summed E-state index contributed by atoms with van der Waals surface area (Å²) in [5.41, 5.74) is 7.74. The second-order valence-electron chi connectivity index (χ2n) is 6.55. The van der Waals surface area contributed by atoms with Gasteiger partial charge in [-0.15, -0.1) is 0 Å². The monoisotopic (exact) mass is 338 g/mol. The van der Waals surface area contributed by atoms with Crippen LogP contribution in [0, 0.1) is 0 Å². The Bertz CT molecular complexity index is 769. The highest BCUT2D eigenvalue weighted by molar-refractivity contribution is 5.86. The van der Waals surface area contributed by atoms with Crippen LogP contribution in [0.3, 0.4) is 0 Å². The quantitative estimate of drug-likeness (QED) is 0.932. The van der Waals surface area contributed by atoms with Crippen molar-refractivity contribution in [1.29, 1.82) is 0 Å². The van der Waals surface area contributed by atoms with Gasteiger partial charge < -0.3 is 20.1 Å². The number of carbonyl (C=O) groups excluding carboxylic acids is 1. The van der Waals surface area contributed by atoms with Gasteiger partial charge in [0.1, 0.15) is 5.75 Å². The molecule has 0 radical (unpaired) electrons. The van der Waals surface area contributed by atoms with Gasteiger partial charge in [0, 0.05) is 30.8 Å². The van der Waals surface area contributed by atoms with Crippen molar-refractivity contribution in [3.63, 3.8) is 0 Å². The van der Waals surface area contributed by atoms with Gasteiger partial charge in [0.2, 0.25) is 5.60 Å². The minimum Gasteiger partial charge on any atom is -0.472 e. The molecule has 2 N–H and O–H groups in total. The number of amides is 1. The molecule has 0 saturated carbocycles. The molecule has 0 spiro atoms. The van der Waals surface area contributed by atoms with Crippen LogP contribution >= 0.6 is 0 Å². The van der Waals surface area contributed by atoms with E-state index in [0.717, 1.165) is 55.3 Å². The number of anilines is 1. The molecule has 2 heterocycles. The molecule has 2 aromatic carbocycles. The SMILES string of the molecule is NC(=O)C1(c2ccc(N3CCOCC3)cc2)CCc2ccccc2O1. The highest BCUT2D eigenvalue weighted by atomic mass is 16.5. The maximum atomic E-state index is 12.3. The van der Waals surface area contributed by atoms with Crippen LogP contribution < -0.4 is 15.4 Å². The van der Waals surface area contributed by atoms with E-state index >= 15 is 0 Å². The zero-order valence-electron chi connectivity index (χ0n) is 14.1. The number of rotatable bonds is 3. The van der Waals surface area contributed by atoms with E-state index in [1.165, 1.54) is 0 Å². The van der Waals surface area contributed by atoms with Gasteiger partial charge in [-0.3, -0.25) is 4.79 Å². The number of carbonyl (C=O) groups is 1. The van der Waals surface area contributed by atoms with Crippen LogP contribution in [0.15, 0.2) is 48.5 Å². The van der Waals surface area contributed by atoms with E-state index < -0.39 is 11.5 Å². The smallest absolute Gasteiger partial charge is 0.266 e. The Kier molecular flexibility index (Phi) is 4.09. The highest BCUT2D eigenvalue weighted by Gasteiger charge is 2.43. The lowest BCUT2D eigenvalue weighted by Crippen LogP contribution is -2.48. The molecule has 1 unspecified atom stereocenters. The Labute approximate surface area is 147 Å². The van der Waals surface area contributed by atoms with Crippen LogP contribution in [0.1, 0.15) is 17.5 Å². The van der Waals surface area contributed by atoms with Crippen molar-refractivity contribution in [3.8, 4) is 5.75 Å². The van der Waals surface area contributed by atoms with E-state index in [9.17, 15) is 4.79 Å². The van der Waals surface area contributed by atoms with Crippen LogP contribution in [0.4, 0.5) is 5.69 Å². The number of aryl methyl sites for hydroxylation is 1. The number of nitrogens with two attached hydrogens (primary N) is 1. The largest absolute Gasteiger partial charge is 0.472 e. The minimum atomic E-state index is -1.10. The van der Waals surface area contributed by atoms with E-state index in [2.05, 4.69) is 4.90 Å². The third kappa shape index (κ3) is 2.85. The molecule has 1 amide bonds. The average molecular weight is 338 g/mol. The molecule has 0 aliphatic carbocycles. The van der Waals surface area contributed by atoms with Crippen molar-refractivity contribution in [2.75, 3.05) is 31.2 Å². The first kappa shape index (κ1) is 16.0. The molecule has 0 aromatic heterocycles. The normalized spacial score (nSPS) is 22.8. The van der Waals surface area contributed by atoms with Crippen molar-refractivity contribution in [2.45, 2.75) is 18.4 Å². The fourth-order valence-electron chi connectivity index (χ4n) is 3.64. The minimum absolute atomic E-state index is 0.443. The fourth-order valence-corrected chi connectivity index (χ4v) is 3.64. The van der Waals surface area contributed by atoms with Gasteiger partial charge in [0.15, 0.2) is 0 Å². The molecule has 1 saturated heterocycles. The number of benzene rings is 2. The van der Waals surface area contributed by atoms with Gasteiger partial charge >= 0.3 is 0 Å². The van der Waals surface area contributed by atoms with E-state index in [0.29, 0.717) is 6.42 Å². The van der Waals surface area contributed by atoms with E-state index in [1.807, 2.05) is 48.5 Å². The van der Waals surface area contributed by atoms with Gasteiger partial charge in [0.05, 0.1) is 13.2 Å². The number of hydrogen-bond acceptors (Lipinski definition) is 4. The summed E-state index contributed by atoms with van der Waals surface area (Å²) in [5.74, 6) is 0.297. The van der Waals surface area contributed by atoms with Crippen molar-refractivity contribution >= 4 is 11.6 Å². The van der Waals surface area contributed by atoms with Gasteiger partial charge in [0.25, 0.3) is 5.91 Å². The number of para-hydroxylation sites is 1. The fraction of sp³-hybridized carbons (Fsp3) is 0.350. The first-order valence-electron chi connectivity index (χ1n) is 8.69. The average Bonchev–Trinajstić information content (AvgIpc) is 2.68. The number of fused-ring (bicyclic) bond motifs is 1. The van der Waals surface area contributed by atoms with Crippen LogP contribution in [-0.2, 0) is 21.6 Å². The third-order valence-corrected chi connectivity index (χ3v) is 5.11. The predicted molar refractivity (Wildman–Crippen MR) is 95.7 cm³/mol. The molecule has 2 aliphatic heterocycles. The molecule has 25 heavy (non-hydrogen) atoms. The number of ether oxygens (including phenoxy) is 2. The van der Waals surface area contributed by atoms with Gasteiger partial charge in [-0.25, -0.2) is 0 Å². The Morgan fingerprint density at radius 2 is 1.76 bits per heavy atom. The summed E-state index contributed by atoms with van der Waals surface area (Å²) < 4.78 is 11.5. The van der Waals surface area contributed by atoms with Crippen LogP contribution in [0.25, 0.3) is 0 Å². The van der Waals surface area contributed by atoms with Crippen LogP contribution in [0.2, 0.25) is 0 Å². The van der Waals surface area contributed by atoms with Crippen molar-refractivity contribution in [3.05, 3.63) is 59.7 Å². The lowest BCUT2D eigenvalue weighted by atomic mass is 9.84. The highest BCUT2D eigenvalue weighted by Crippen LogP contribution is 2.40. The summed E-state index contributed by atoms with van der Waals surface area (Å²) in [6.07, 6.45) is 1.32. The second kappa shape index (κ2) is 6.41. The molecule has 1 fully saturated rings. The van der Waals surface area contributed by atoms with Gasteiger partial charge in [-0.2, -0.15) is 0 Å². The predicted octanol–water partition coefficient (Wildman–Crippen LogP) is 2.23. The number of nitrogens with zero attached hydrogens (tertiary/aromatic N) is 1. The first-order chi connectivity index (χ1) is 12.2. The summed E-state index contributed by atoms with van der Waals surface area (Å²) >= 11 is 0. The molecular weight excluding hydrogens is 316 g/mol. The molecule has 130 valence electrons. The molecule has 5 nitrogen and oxygen atoms in total. The third-order valence-electron chi connectivity index (χ3n) is 5.11. The van der Waals surface area contributed by atoms with Gasteiger partial charge in [-0.1, -0.05) is 30.3 Å². The molecule has 2 aromatic rings. The molecule has 5 heteroatoms. The molecule has 2 aliphatic rings. The Balaban J connectivity index is 1.64. The van der Waals surface area contributed by atoms with Crippen molar-refractivity contribution in [2.24, 2.45) is 5.73 Å². The maximum absolute atomic E-state index is 12.3. The molecule has 0 bridgehead atoms. The Morgan fingerprint density at radius 3 is 2.48 bits per heavy atom. The van der Waals surface area contributed by atoms with Crippen LogP contribution in [0.5, 0.6) is 5.75 Å². The molecular formula is C20H22N2O3. The van der Waals surface area contributed by atoms with E-state index in [1.54, 1.807) is 0 Å². The van der Waals surface area contributed by atoms with Crippen molar-refractivity contribution < 1.29 is 14.3 Å². The molecule has 1 atom stereocenters. The summed E-state index contributed by atoms with van der Waals surface area (Å²) in [5, 5.41) is 0. The zero-order chi connectivity index (χ0) is 17.3. The molecule has 4 rings (SSSR count). The lowest BCUT2D eigenvalue weighted by molar-refractivity contribution is -0.136. The topological polar surface area (TPSA) is 64.8 Å². The van der Waals surface area contributed by atoms with E-state index in [-0.39, 0.29) is 0 Å². The van der Waals surface area contributed by atoms with Gasteiger partial charge in [-0.05, 0) is 30.2 Å². The summed E-state index contributed by atoms with van der Waals surface area (Å²) in [6.45, 7) is 3.24. The summed E-state index contributed by atoms with van der Waals surface area (Å²) in [4.78, 5) is 14.6. The van der Waals surface area contributed by atoms with E-state index in [4.69, 9.17) is 15.2 Å².